The number of nitrogens with one attached hydrogen (secondary N) is 2. The molecule has 0 saturated carbocycles. The molecule has 7 heteroatoms. The molecular weight excluding hydrogens is 346 g/mol. The Labute approximate surface area is 154 Å². The molecule has 4 rings (SSSR count). The first-order chi connectivity index (χ1) is 13.1. The van der Waals surface area contributed by atoms with Gasteiger partial charge in [0.1, 0.15) is 5.52 Å². The predicted octanol–water partition coefficient (Wildman–Crippen LogP) is 4.23. The Hall–Kier alpha value is -3.87. The van der Waals surface area contributed by atoms with Gasteiger partial charge in [0, 0.05) is 23.9 Å². The van der Waals surface area contributed by atoms with Gasteiger partial charge in [0.05, 0.1) is 6.26 Å². The molecule has 0 aliphatic carbocycles. The van der Waals surface area contributed by atoms with E-state index < -0.39 is 0 Å². The second kappa shape index (κ2) is 6.80. The number of nitrogens with zero attached hydrogens (tertiary/aromatic N) is 1. The number of anilines is 2. The van der Waals surface area contributed by atoms with Crippen LogP contribution in [0.4, 0.5) is 11.4 Å². The molecule has 7 nitrogen and oxygen atoms in total. The molecule has 0 saturated heterocycles. The van der Waals surface area contributed by atoms with Gasteiger partial charge in [0.15, 0.2) is 17.2 Å². The minimum absolute atomic E-state index is 0.218. The number of hydrogen-bond donors (Lipinski definition) is 2. The maximum atomic E-state index is 12.4. The zero-order chi connectivity index (χ0) is 18.8. The summed E-state index contributed by atoms with van der Waals surface area (Å²) in [5.41, 5.74) is 2.99. The predicted molar refractivity (Wildman–Crippen MR) is 99.8 cm³/mol. The molecule has 0 unspecified atom stereocenters. The second-order valence-corrected chi connectivity index (χ2v) is 5.88. The fourth-order valence-electron chi connectivity index (χ4n) is 2.63. The molecule has 0 spiro atoms. The van der Waals surface area contributed by atoms with E-state index in [1.54, 1.807) is 61.5 Å². The highest BCUT2D eigenvalue weighted by molar-refractivity contribution is 6.06. The molecule has 2 N–H and O–H groups in total. The average Bonchev–Trinajstić information content (AvgIpc) is 3.30. The molecule has 2 aromatic carbocycles. The number of carbonyl (C=O) groups is 2. The van der Waals surface area contributed by atoms with Crippen molar-refractivity contribution in [1.29, 1.82) is 0 Å². The van der Waals surface area contributed by atoms with E-state index in [0.717, 1.165) is 0 Å². The van der Waals surface area contributed by atoms with Crippen molar-refractivity contribution < 1.29 is 18.4 Å². The highest BCUT2D eigenvalue weighted by Crippen LogP contribution is 2.20. The van der Waals surface area contributed by atoms with Crippen molar-refractivity contribution in [3.05, 3.63) is 78.1 Å². The monoisotopic (exact) mass is 361 g/mol. The molecule has 134 valence electrons. The van der Waals surface area contributed by atoms with Gasteiger partial charge >= 0.3 is 0 Å². The van der Waals surface area contributed by atoms with Crippen LogP contribution < -0.4 is 10.6 Å². The summed E-state index contributed by atoms with van der Waals surface area (Å²) in [5, 5.41) is 5.52. The number of carbonyl (C=O) groups excluding carboxylic acids is 2. The van der Waals surface area contributed by atoms with Crippen molar-refractivity contribution in [2.75, 3.05) is 10.6 Å². The van der Waals surface area contributed by atoms with Crippen molar-refractivity contribution >= 4 is 34.3 Å². The third kappa shape index (κ3) is 3.57. The number of furan rings is 1. The van der Waals surface area contributed by atoms with Crippen molar-refractivity contribution in [2.45, 2.75) is 6.92 Å². The normalized spacial score (nSPS) is 10.7. The van der Waals surface area contributed by atoms with Gasteiger partial charge in [-0.25, -0.2) is 4.98 Å². The number of fused-ring (bicyclic) bond motifs is 1. The highest BCUT2D eigenvalue weighted by Gasteiger charge is 2.11. The molecule has 27 heavy (non-hydrogen) atoms. The molecule has 0 fully saturated rings. The van der Waals surface area contributed by atoms with E-state index in [1.807, 2.05) is 0 Å². The van der Waals surface area contributed by atoms with Crippen LogP contribution in [0.25, 0.3) is 11.1 Å². The SMILES string of the molecule is Cc1nc2cc(NC(=O)c3ccc(NC(=O)c4ccco4)cc3)ccc2o1. The van der Waals surface area contributed by atoms with E-state index in [-0.39, 0.29) is 17.6 Å². The first kappa shape index (κ1) is 16.6. The molecule has 0 radical (unpaired) electrons. The summed E-state index contributed by atoms with van der Waals surface area (Å²) in [5.74, 6) is 0.169. The average molecular weight is 361 g/mol. The fraction of sp³-hybridized carbons (Fsp3) is 0.0500. The molecule has 4 aromatic rings. The first-order valence-electron chi connectivity index (χ1n) is 8.22. The van der Waals surface area contributed by atoms with Crippen molar-refractivity contribution in [3.63, 3.8) is 0 Å². The number of hydrogen-bond acceptors (Lipinski definition) is 5. The van der Waals surface area contributed by atoms with Crippen LogP contribution in [0.1, 0.15) is 26.8 Å². The van der Waals surface area contributed by atoms with Crippen LogP contribution in [0.3, 0.4) is 0 Å². The van der Waals surface area contributed by atoms with Crippen LogP contribution in [0, 0.1) is 6.92 Å². The molecule has 2 amide bonds. The van der Waals surface area contributed by atoms with Gasteiger partial charge in [-0.15, -0.1) is 0 Å². The van der Waals surface area contributed by atoms with Gasteiger partial charge in [0.2, 0.25) is 0 Å². The van der Waals surface area contributed by atoms with Crippen molar-refractivity contribution in [3.8, 4) is 0 Å². The number of aryl methyl sites for hydroxylation is 1. The Bertz CT molecular complexity index is 1110. The number of oxazole rings is 1. The summed E-state index contributed by atoms with van der Waals surface area (Å²) in [7, 11) is 0. The maximum Gasteiger partial charge on any atom is 0.291 e. The minimum atomic E-state index is -0.353. The van der Waals surface area contributed by atoms with Gasteiger partial charge in [-0.2, -0.15) is 0 Å². The van der Waals surface area contributed by atoms with E-state index in [4.69, 9.17) is 8.83 Å². The summed E-state index contributed by atoms with van der Waals surface area (Å²) in [6, 6.07) is 15.0. The van der Waals surface area contributed by atoms with E-state index >= 15 is 0 Å². The van der Waals surface area contributed by atoms with Crippen LogP contribution in [-0.2, 0) is 0 Å². The van der Waals surface area contributed by atoms with Crippen LogP contribution in [0.5, 0.6) is 0 Å². The van der Waals surface area contributed by atoms with Gasteiger partial charge in [-0.3, -0.25) is 9.59 Å². The minimum Gasteiger partial charge on any atom is -0.459 e. The molecule has 2 heterocycles. The lowest BCUT2D eigenvalue weighted by molar-refractivity contribution is 0.0995. The molecule has 0 bridgehead atoms. The lowest BCUT2D eigenvalue weighted by Crippen LogP contribution is -2.13. The van der Waals surface area contributed by atoms with E-state index in [1.165, 1.54) is 6.26 Å². The Morgan fingerprint density at radius 1 is 0.926 bits per heavy atom. The number of benzene rings is 2. The van der Waals surface area contributed by atoms with Crippen LogP contribution >= 0.6 is 0 Å². The maximum absolute atomic E-state index is 12.4. The number of amides is 2. The Kier molecular flexibility index (Phi) is 4.18. The van der Waals surface area contributed by atoms with E-state index in [0.29, 0.717) is 33.9 Å². The van der Waals surface area contributed by atoms with Crippen molar-refractivity contribution in [2.24, 2.45) is 0 Å². The lowest BCUT2D eigenvalue weighted by Gasteiger charge is -2.07. The topological polar surface area (TPSA) is 97.4 Å². The van der Waals surface area contributed by atoms with Crippen LogP contribution in [0.15, 0.2) is 69.7 Å². The second-order valence-electron chi connectivity index (χ2n) is 5.88. The third-order valence-electron chi connectivity index (χ3n) is 3.90. The molecule has 0 aliphatic rings. The zero-order valence-corrected chi connectivity index (χ0v) is 14.4. The molecule has 2 aromatic heterocycles. The van der Waals surface area contributed by atoms with E-state index in [2.05, 4.69) is 15.6 Å². The summed E-state index contributed by atoms with van der Waals surface area (Å²) >= 11 is 0. The van der Waals surface area contributed by atoms with Crippen LogP contribution in [-0.4, -0.2) is 16.8 Å². The third-order valence-corrected chi connectivity index (χ3v) is 3.90. The van der Waals surface area contributed by atoms with Gasteiger partial charge in [0.25, 0.3) is 11.8 Å². The van der Waals surface area contributed by atoms with Gasteiger partial charge in [-0.05, 0) is 54.6 Å². The first-order valence-corrected chi connectivity index (χ1v) is 8.22. The zero-order valence-electron chi connectivity index (χ0n) is 14.4. The standard InChI is InChI=1S/C20H15N3O4/c1-12-21-16-11-15(8-9-17(16)27-12)23-19(24)13-4-6-14(7-5-13)22-20(25)18-3-2-10-26-18/h2-11H,1H3,(H,22,25)(H,23,24). The number of rotatable bonds is 4. The summed E-state index contributed by atoms with van der Waals surface area (Å²) in [4.78, 5) is 28.6. The molecule has 0 aliphatic heterocycles. The summed E-state index contributed by atoms with van der Waals surface area (Å²) in [6.45, 7) is 1.77. The van der Waals surface area contributed by atoms with Crippen LogP contribution in [0.2, 0.25) is 0 Å². The van der Waals surface area contributed by atoms with Crippen molar-refractivity contribution in [1.82, 2.24) is 4.98 Å². The Morgan fingerprint density at radius 3 is 2.41 bits per heavy atom. The lowest BCUT2D eigenvalue weighted by atomic mass is 10.2. The Morgan fingerprint density at radius 2 is 1.67 bits per heavy atom. The Balaban J connectivity index is 1.44. The number of aromatic nitrogens is 1. The van der Waals surface area contributed by atoms with Gasteiger partial charge in [-0.1, -0.05) is 0 Å². The fourth-order valence-corrected chi connectivity index (χ4v) is 2.63. The van der Waals surface area contributed by atoms with E-state index in [9.17, 15) is 9.59 Å². The summed E-state index contributed by atoms with van der Waals surface area (Å²) < 4.78 is 10.5. The quantitative estimate of drug-likeness (QED) is 0.567. The largest absolute Gasteiger partial charge is 0.459 e. The smallest absolute Gasteiger partial charge is 0.291 e. The molecule has 0 atom stereocenters. The highest BCUT2D eigenvalue weighted by atomic mass is 16.3. The van der Waals surface area contributed by atoms with Gasteiger partial charge < -0.3 is 19.5 Å². The molecular formula is C20H15N3O4. The summed E-state index contributed by atoms with van der Waals surface area (Å²) in [6.07, 6.45) is 1.43.